The molecule has 2 aromatic rings. The number of carbonyl (C=O) groups is 2. The molecule has 0 fully saturated rings. The van der Waals surface area contributed by atoms with Gasteiger partial charge in [0.05, 0.1) is 11.8 Å². The lowest BCUT2D eigenvalue weighted by Gasteiger charge is -2.07. The summed E-state index contributed by atoms with van der Waals surface area (Å²) in [5, 5.41) is 12.3. The van der Waals surface area contributed by atoms with E-state index < -0.39 is 11.9 Å². The van der Waals surface area contributed by atoms with Crippen molar-refractivity contribution >= 4 is 28.8 Å². The van der Waals surface area contributed by atoms with Crippen LogP contribution in [-0.4, -0.2) is 16.8 Å². The van der Waals surface area contributed by atoms with Crippen molar-refractivity contribution in [2.24, 2.45) is 5.73 Å². The van der Waals surface area contributed by atoms with Crippen molar-refractivity contribution < 1.29 is 9.59 Å². The molecule has 6 nitrogen and oxygen atoms in total. The van der Waals surface area contributed by atoms with Gasteiger partial charge in [-0.1, -0.05) is 19.1 Å². The number of Topliss-reactive ketones (excluding diaryl/α,β-unsaturated/α-hetero) is 1. The number of ketones is 1. The van der Waals surface area contributed by atoms with Gasteiger partial charge in [0.1, 0.15) is 5.01 Å². The quantitative estimate of drug-likeness (QED) is 0.822. The van der Waals surface area contributed by atoms with E-state index in [1.807, 2.05) is 19.9 Å². The second-order valence-corrected chi connectivity index (χ2v) is 6.14. The molecule has 2 rings (SSSR count). The minimum atomic E-state index is -0.956. The van der Waals surface area contributed by atoms with E-state index in [1.165, 1.54) is 17.4 Å². The van der Waals surface area contributed by atoms with Crippen LogP contribution in [0.15, 0.2) is 24.3 Å². The van der Waals surface area contributed by atoms with Crippen LogP contribution in [0.4, 0.5) is 10.5 Å². The van der Waals surface area contributed by atoms with Crippen LogP contribution in [0.3, 0.4) is 0 Å². The molecule has 0 saturated carbocycles. The van der Waals surface area contributed by atoms with Crippen molar-refractivity contribution in [2.45, 2.75) is 26.2 Å². The number of aromatic nitrogens is 1. The summed E-state index contributed by atoms with van der Waals surface area (Å²) in [5.41, 5.74) is 6.71. The number of nitrogens with two attached hydrogens (primary N) is 1. The van der Waals surface area contributed by atoms with Crippen LogP contribution in [-0.2, 0) is 6.42 Å². The van der Waals surface area contributed by atoms with E-state index in [4.69, 9.17) is 5.73 Å². The van der Waals surface area contributed by atoms with Crippen molar-refractivity contribution in [3.63, 3.8) is 0 Å². The third-order valence-corrected chi connectivity index (χ3v) is 4.37. The molecule has 0 radical (unpaired) electrons. The summed E-state index contributed by atoms with van der Waals surface area (Å²) in [7, 11) is 0. The first-order chi connectivity index (χ1) is 11.0. The maximum absolute atomic E-state index is 12.6. The molecule has 0 spiro atoms. The molecule has 0 aliphatic carbocycles. The number of anilines is 1. The van der Waals surface area contributed by atoms with Gasteiger partial charge in [0.25, 0.3) is 0 Å². The fourth-order valence-electron chi connectivity index (χ4n) is 2.19. The van der Waals surface area contributed by atoms with Crippen molar-refractivity contribution in [3.05, 3.63) is 45.4 Å². The van der Waals surface area contributed by atoms with E-state index in [-0.39, 0.29) is 5.78 Å². The van der Waals surface area contributed by atoms with Crippen molar-refractivity contribution in [1.29, 1.82) is 5.26 Å². The van der Waals surface area contributed by atoms with Gasteiger partial charge >= 0.3 is 6.03 Å². The zero-order chi connectivity index (χ0) is 17.0. The van der Waals surface area contributed by atoms with E-state index >= 15 is 0 Å². The maximum atomic E-state index is 12.6. The molecular weight excluding hydrogens is 312 g/mol. The van der Waals surface area contributed by atoms with Gasteiger partial charge in [-0.25, -0.2) is 9.78 Å². The van der Waals surface area contributed by atoms with Crippen LogP contribution in [0.2, 0.25) is 0 Å². The molecule has 3 N–H and O–H groups in total. The molecule has 2 amide bonds. The first-order valence-corrected chi connectivity index (χ1v) is 7.84. The first kappa shape index (κ1) is 16.6. The monoisotopic (exact) mass is 328 g/mol. The minimum Gasteiger partial charge on any atom is -0.351 e. The highest BCUT2D eigenvalue weighted by atomic mass is 32.1. The molecule has 0 aliphatic rings. The van der Waals surface area contributed by atoms with Crippen molar-refractivity contribution in [3.8, 4) is 6.07 Å². The summed E-state index contributed by atoms with van der Waals surface area (Å²) >= 11 is 1.37. The van der Waals surface area contributed by atoms with Gasteiger partial charge in [-0.15, -0.1) is 11.3 Å². The highest BCUT2D eigenvalue weighted by molar-refractivity contribution is 7.12. The average molecular weight is 328 g/mol. The number of amides is 2. The number of nitrogens with zero attached hydrogens (tertiary/aromatic N) is 2. The van der Waals surface area contributed by atoms with E-state index in [0.717, 1.165) is 17.0 Å². The molecule has 118 valence electrons. The first-order valence-electron chi connectivity index (χ1n) is 7.02. The number of nitrogens with one attached hydrogen (secondary N) is 1. The van der Waals surface area contributed by atoms with Gasteiger partial charge in [-0.05, 0) is 25.5 Å². The Morgan fingerprint density at radius 2 is 2.22 bits per heavy atom. The number of urea groups is 1. The third kappa shape index (κ3) is 3.73. The summed E-state index contributed by atoms with van der Waals surface area (Å²) < 4.78 is 0. The second-order valence-electron chi connectivity index (χ2n) is 4.90. The number of hydrogen-bond acceptors (Lipinski definition) is 5. The standard InChI is InChI=1S/C16H16N4O2S/c1-3-13-9(2)23-15(20-13)12(8-17)14(21)10-5-4-6-11(7-10)19-16(18)22/h4-7,12H,3H2,1-2H3,(H3,18,19,22). The van der Waals surface area contributed by atoms with Crippen LogP contribution >= 0.6 is 11.3 Å². The van der Waals surface area contributed by atoms with E-state index in [0.29, 0.717) is 16.3 Å². The van der Waals surface area contributed by atoms with E-state index in [9.17, 15) is 14.9 Å². The Morgan fingerprint density at radius 1 is 1.48 bits per heavy atom. The number of benzene rings is 1. The summed E-state index contributed by atoms with van der Waals surface area (Å²) in [5.74, 6) is -1.31. The second kappa shape index (κ2) is 7.03. The summed E-state index contributed by atoms with van der Waals surface area (Å²) in [6.45, 7) is 3.91. The largest absolute Gasteiger partial charge is 0.351 e. The number of thiazole rings is 1. The van der Waals surface area contributed by atoms with Gasteiger partial charge in [-0.2, -0.15) is 5.26 Å². The fraction of sp³-hybridized carbons (Fsp3) is 0.250. The molecule has 1 heterocycles. The Hall–Kier alpha value is -2.72. The molecule has 1 aromatic heterocycles. The lowest BCUT2D eigenvalue weighted by atomic mass is 9.99. The molecule has 1 unspecified atom stereocenters. The highest BCUT2D eigenvalue weighted by Crippen LogP contribution is 2.28. The SMILES string of the molecule is CCc1nc(C(C#N)C(=O)c2cccc(NC(N)=O)c2)sc1C. The van der Waals surface area contributed by atoms with E-state index in [1.54, 1.807) is 18.2 Å². The Labute approximate surface area is 138 Å². The number of primary amides is 1. The van der Waals surface area contributed by atoms with Gasteiger partial charge in [0, 0.05) is 16.1 Å². The number of rotatable bonds is 5. The fourth-order valence-corrected chi connectivity index (χ4v) is 3.24. The van der Waals surface area contributed by atoms with Crippen LogP contribution < -0.4 is 11.1 Å². The summed E-state index contributed by atoms with van der Waals surface area (Å²) in [6.07, 6.45) is 0.757. The van der Waals surface area contributed by atoms with E-state index in [2.05, 4.69) is 10.3 Å². The molecule has 1 atom stereocenters. The van der Waals surface area contributed by atoms with Crippen LogP contribution in [0, 0.1) is 18.3 Å². The molecule has 0 saturated heterocycles. The number of aryl methyl sites for hydroxylation is 2. The lowest BCUT2D eigenvalue weighted by Crippen LogP contribution is -2.19. The topological polar surface area (TPSA) is 109 Å². The van der Waals surface area contributed by atoms with Gasteiger partial charge in [0.15, 0.2) is 11.7 Å². The Morgan fingerprint density at radius 3 is 2.78 bits per heavy atom. The lowest BCUT2D eigenvalue weighted by molar-refractivity contribution is 0.0978. The van der Waals surface area contributed by atoms with Crippen LogP contribution in [0.5, 0.6) is 0 Å². The zero-order valence-electron chi connectivity index (χ0n) is 12.8. The van der Waals surface area contributed by atoms with Crippen LogP contribution in [0.25, 0.3) is 0 Å². The molecule has 0 aliphatic heterocycles. The predicted molar refractivity (Wildman–Crippen MR) is 88.6 cm³/mol. The summed E-state index contributed by atoms with van der Waals surface area (Å²) in [4.78, 5) is 28.9. The molecule has 23 heavy (non-hydrogen) atoms. The summed E-state index contributed by atoms with van der Waals surface area (Å²) in [6, 6.07) is 7.65. The highest BCUT2D eigenvalue weighted by Gasteiger charge is 2.26. The van der Waals surface area contributed by atoms with Crippen LogP contribution in [0.1, 0.15) is 38.8 Å². The average Bonchev–Trinajstić information content (AvgIpc) is 2.88. The van der Waals surface area contributed by atoms with Gasteiger partial charge < -0.3 is 11.1 Å². The normalized spacial score (nSPS) is 11.5. The van der Waals surface area contributed by atoms with Crippen molar-refractivity contribution in [2.75, 3.05) is 5.32 Å². The number of carbonyl (C=O) groups excluding carboxylic acids is 2. The Kier molecular flexibility index (Phi) is 5.09. The Bertz CT molecular complexity index is 792. The zero-order valence-corrected chi connectivity index (χ0v) is 13.6. The Balaban J connectivity index is 2.33. The predicted octanol–water partition coefficient (Wildman–Crippen LogP) is 2.99. The smallest absolute Gasteiger partial charge is 0.316 e. The molecule has 7 heteroatoms. The minimum absolute atomic E-state index is 0.328. The number of hydrogen-bond donors (Lipinski definition) is 2. The number of nitriles is 1. The molecular formula is C16H16N4O2S. The maximum Gasteiger partial charge on any atom is 0.316 e. The van der Waals surface area contributed by atoms with Gasteiger partial charge in [-0.3, -0.25) is 4.79 Å². The van der Waals surface area contributed by atoms with Crippen molar-refractivity contribution in [1.82, 2.24) is 4.98 Å². The molecule has 0 bridgehead atoms. The third-order valence-electron chi connectivity index (χ3n) is 3.30. The van der Waals surface area contributed by atoms with Gasteiger partial charge in [0.2, 0.25) is 0 Å². The molecule has 1 aromatic carbocycles.